The van der Waals surface area contributed by atoms with Crippen molar-refractivity contribution in [3.8, 4) is 0 Å². The van der Waals surface area contributed by atoms with Crippen LogP contribution in [-0.4, -0.2) is 27.6 Å². The maximum atomic E-state index is 11.0. The number of hydrogen-bond donors (Lipinski definition) is 2. The largest absolute Gasteiger partial charge is 0.478 e. The molecule has 0 aliphatic carbocycles. The summed E-state index contributed by atoms with van der Waals surface area (Å²) in [5.41, 5.74) is 1.80. The maximum absolute atomic E-state index is 11.0. The lowest BCUT2D eigenvalue weighted by Crippen LogP contribution is -2.09. The number of hydrogen-bond acceptors (Lipinski definition) is 5. The normalized spacial score (nSPS) is 10.3. The predicted octanol–water partition coefficient (Wildman–Crippen LogP) is 2.20. The summed E-state index contributed by atoms with van der Waals surface area (Å²) < 4.78 is 0. The Kier molecular flexibility index (Phi) is 3.88. The molecule has 2 aromatic rings. The van der Waals surface area contributed by atoms with Crippen LogP contribution in [0.5, 0.6) is 0 Å². The van der Waals surface area contributed by atoms with E-state index in [2.05, 4.69) is 15.3 Å². The van der Waals surface area contributed by atoms with Crippen molar-refractivity contribution in [3.05, 3.63) is 40.1 Å². The Morgan fingerprint density at radius 1 is 1.56 bits per heavy atom. The SMILES string of the molecule is Cc1csc(CCNc2ccncc2C(=O)O)n1. The van der Waals surface area contributed by atoms with Gasteiger partial charge in [-0.3, -0.25) is 4.98 Å². The summed E-state index contributed by atoms with van der Waals surface area (Å²) in [5, 5.41) is 15.1. The van der Waals surface area contributed by atoms with Gasteiger partial charge in [0.25, 0.3) is 0 Å². The Morgan fingerprint density at radius 2 is 2.39 bits per heavy atom. The van der Waals surface area contributed by atoms with Crippen molar-refractivity contribution in [3.63, 3.8) is 0 Å². The van der Waals surface area contributed by atoms with Crippen molar-refractivity contribution in [1.29, 1.82) is 0 Å². The zero-order valence-corrected chi connectivity index (χ0v) is 10.7. The number of nitrogens with one attached hydrogen (secondary N) is 1. The summed E-state index contributed by atoms with van der Waals surface area (Å²) >= 11 is 1.62. The molecule has 0 aromatic carbocycles. The standard InChI is InChI=1S/C12H13N3O2S/c1-8-7-18-11(15-8)3-5-14-10-2-4-13-6-9(10)12(16)17/h2,4,6-7H,3,5H2,1H3,(H,13,14)(H,16,17). The number of aromatic nitrogens is 2. The summed E-state index contributed by atoms with van der Waals surface area (Å²) in [7, 11) is 0. The fourth-order valence-corrected chi connectivity index (χ4v) is 2.32. The van der Waals surface area contributed by atoms with Crippen LogP contribution in [0.25, 0.3) is 0 Å². The van der Waals surface area contributed by atoms with Gasteiger partial charge in [-0.1, -0.05) is 0 Å². The van der Waals surface area contributed by atoms with Gasteiger partial charge in [-0.25, -0.2) is 9.78 Å². The summed E-state index contributed by atoms with van der Waals surface area (Å²) in [6.45, 7) is 2.61. The molecular weight excluding hydrogens is 250 g/mol. The fraction of sp³-hybridized carbons (Fsp3) is 0.250. The highest BCUT2D eigenvalue weighted by atomic mass is 32.1. The van der Waals surface area contributed by atoms with Gasteiger partial charge in [0.15, 0.2) is 0 Å². The molecule has 0 saturated heterocycles. The molecule has 0 unspecified atom stereocenters. The van der Waals surface area contributed by atoms with Gasteiger partial charge in [0.1, 0.15) is 5.56 Å². The summed E-state index contributed by atoms with van der Waals surface area (Å²) in [4.78, 5) is 19.1. The van der Waals surface area contributed by atoms with E-state index in [1.165, 1.54) is 6.20 Å². The molecule has 0 aliphatic heterocycles. The second-order valence-corrected chi connectivity index (χ2v) is 4.73. The number of anilines is 1. The zero-order chi connectivity index (χ0) is 13.0. The number of thiazole rings is 1. The van der Waals surface area contributed by atoms with Gasteiger partial charge in [0, 0.05) is 36.4 Å². The van der Waals surface area contributed by atoms with E-state index in [4.69, 9.17) is 5.11 Å². The third-order valence-electron chi connectivity index (χ3n) is 2.37. The molecule has 18 heavy (non-hydrogen) atoms. The van der Waals surface area contributed by atoms with Gasteiger partial charge in [-0.05, 0) is 13.0 Å². The molecule has 0 radical (unpaired) electrons. The van der Waals surface area contributed by atoms with Gasteiger partial charge in [0.05, 0.1) is 10.7 Å². The number of carboxylic acid groups (broad SMARTS) is 1. The number of rotatable bonds is 5. The van der Waals surface area contributed by atoms with Crippen molar-refractivity contribution in [1.82, 2.24) is 9.97 Å². The molecule has 2 heterocycles. The highest BCUT2D eigenvalue weighted by molar-refractivity contribution is 7.09. The van der Waals surface area contributed by atoms with Crippen LogP contribution in [0.2, 0.25) is 0 Å². The van der Waals surface area contributed by atoms with Gasteiger partial charge >= 0.3 is 5.97 Å². The molecule has 2 aromatic heterocycles. The minimum Gasteiger partial charge on any atom is -0.478 e. The topological polar surface area (TPSA) is 75.1 Å². The monoisotopic (exact) mass is 263 g/mol. The van der Waals surface area contributed by atoms with Gasteiger partial charge < -0.3 is 10.4 Å². The summed E-state index contributed by atoms with van der Waals surface area (Å²) in [6.07, 6.45) is 3.69. The third kappa shape index (κ3) is 3.04. The van der Waals surface area contributed by atoms with Gasteiger partial charge in [-0.15, -0.1) is 11.3 Å². The summed E-state index contributed by atoms with van der Waals surface area (Å²) in [6, 6.07) is 1.66. The highest BCUT2D eigenvalue weighted by Crippen LogP contribution is 2.14. The molecule has 0 fully saturated rings. The average molecular weight is 263 g/mol. The van der Waals surface area contributed by atoms with Crippen LogP contribution in [-0.2, 0) is 6.42 Å². The van der Waals surface area contributed by atoms with Crippen molar-refractivity contribution in [2.45, 2.75) is 13.3 Å². The second kappa shape index (κ2) is 5.59. The minimum atomic E-state index is -0.976. The second-order valence-electron chi connectivity index (χ2n) is 3.79. The molecular formula is C12H13N3O2S. The first-order valence-electron chi connectivity index (χ1n) is 5.49. The lowest BCUT2D eigenvalue weighted by atomic mass is 10.2. The first-order chi connectivity index (χ1) is 8.66. The molecule has 0 amide bonds. The number of nitrogens with zero attached hydrogens (tertiary/aromatic N) is 2. The molecule has 6 heteroatoms. The van der Waals surface area contributed by atoms with Crippen molar-refractivity contribution in [2.75, 3.05) is 11.9 Å². The Bertz CT molecular complexity index is 554. The van der Waals surface area contributed by atoms with Crippen LogP contribution in [0.1, 0.15) is 21.1 Å². The smallest absolute Gasteiger partial charge is 0.339 e. The number of carbonyl (C=O) groups is 1. The molecule has 94 valence electrons. The van der Waals surface area contributed by atoms with Crippen LogP contribution in [0.15, 0.2) is 23.8 Å². The highest BCUT2D eigenvalue weighted by Gasteiger charge is 2.09. The van der Waals surface area contributed by atoms with Crippen LogP contribution in [0.4, 0.5) is 5.69 Å². The lowest BCUT2D eigenvalue weighted by Gasteiger charge is -2.07. The number of pyridine rings is 1. The van der Waals surface area contributed by atoms with Crippen LogP contribution in [0, 0.1) is 6.92 Å². The van der Waals surface area contributed by atoms with Crippen molar-refractivity contribution >= 4 is 23.0 Å². The Hall–Kier alpha value is -1.95. The van der Waals surface area contributed by atoms with E-state index >= 15 is 0 Å². The fourth-order valence-electron chi connectivity index (χ4n) is 1.54. The van der Waals surface area contributed by atoms with E-state index in [1.807, 2.05) is 12.3 Å². The van der Waals surface area contributed by atoms with Crippen LogP contribution < -0.4 is 5.32 Å². The molecule has 0 saturated carbocycles. The van der Waals surface area contributed by atoms with Gasteiger partial charge in [0.2, 0.25) is 0 Å². The average Bonchev–Trinajstić information content (AvgIpc) is 2.75. The quantitative estimate of drug-likeness (QED) is 0.865. The van der Waals surface area contributed by atoms with Crippen LogP contribution in [0.3, 0.4) is 0 Å². The van der Waals surface area contributed by atoms with Crippen molar-refractivity contribution in [2.24, 2.45) is 0 Å². The van der Waals surface area contributed by atoms with E-state index in [0.717, 1.165) is 17.1 Å². The first-order valence-corrected chi connectivity index (χ1v) is 6.37. The van der Waals surface area contributed by atoms with Gasteiger partial charge in [-0.2, -0.15) is 0 Å². The minimum absolute atomic E-state index is 0.188. The third-order valence-corrected chi connectivity index (χ3v) is 3.40. The molecule has 2 N–H and O–H groups in total. The van der Waals surface area contributed by atoms with E-state index in [-0.39, 0.29) is 5.56 Å². The molecule has 0 bridgehead atoms. The molecule has 0 atom stereocenters. The first kappa shape index (κ1) is 12.5. The number of carboxylic acids is 1. The van der Waals surface area contributed by atoms with Crippen molar-refractivity contribution < 1.29 is 9.90 Å². The Labute approximate surface area is 109 Å². The van der Waals surface area contributed by atoms with E-state index in [1.54, 1.807) is 23.6 Å². The Morgan fingerprint density at radius 3 is 3.06 bits per heavy atom. The maximum Gasteiger partial charge on any atom is 0.339 e. The Balaban J connectivity index is 1.96. The predicted molar refractivity (Wildman–Crippen MR) is 70.2 cm³/mol. The van der Waals surface area contributed by atoms with E-state index in [0.29, 0.717) is 12.2 Å². The number of aryl methyl sites for hydroxylation is 1. The summed E-state index contributed by atoms with van der Waals surface area (Å²) in [5.74, 6) is -0.976. The number of aromatic carboxylic acids is 1. The molecule has 0 spiro atoms. The zero-order valence-electron chi connectivity index (χ0n) is 9.88. The van der Waals surface area contributed by atoms with E-state index in [9.17, 15) is 4.79 Å². The molecule has 0 aliphatic rings. The lowest BCUT2D eigenvalue weighted by molar-refractivity contribution is 0.0697. The molecule has 5 nitrogen and oxygen atoms in total. The molecule has 2 rings (SSSR count). The van der Waals surface area contributed by atoms with Crippen LogP contribution >= 0.6 is 11.3 Å². The van der Waals surface area contributed by atoms with E-state index < -0.39 is 5.97 Å².